The molecule has 1 amide bonds. The van der Waals surface area contributed by atoms with Crippen LogP contribution in [-0.2, 0) is 9.84 Å². The maximum absolute atomic E-state index is 13.2. The normalized spacial score (nSPS) is 18.5. The number of carbonyl (C=O) groups is 1. The van der Waals surface area contributed by atoms with Gasteiger partial charge in [-0.3, -0.25) is 4.79 Å². The summed E-state index contributed by atoms with van der Waals surface area (Å²) in [5.74, 6) is 0.864. The predicted octanol–water partition coefficient (Wildman–Crippen LogP) is 3.42. The molecule has 1 saturated carbocycles. The molecule has 0 N–H and O–H groups in total. The number of allylic oxidation sites excluding steroid dienone is 1. The molecule has 2 fully saturated rings. The lowest BCUT2D eigenvalue weighted by atomic mass is 10.1. The van der Waals surface area contributed by atoms with Crippen LogP contribution in [0.4, 0.5) is 5.82 Å². The molecule has 1 aliphatic carbocycles. The molecule has 2 aliphatic rings. The van der Waals surface area contributed by atoms with Crippen molar-refractivity contribution in [2.75, 3.05) is 36.8 Å². The Labute approximate surface area is 187 Å². The van der Waals surface area contributed by atoms with Crippen molar-refractivity contribution in [1.82, 2.24) is 14.9 Å². The van der Waals surface area contributed by atoms with Gasteiger partial charge < -0.3 is 9.80 Å². The highest BCUT2D eigenvalue weighted by Crippen LogP contribution is 2.48. The van der Waals surface area contributed by atoms with E-state index < -0.39 is 9.84 Å². The van der Waals surface area contributed by atoms with Crippen molar-refractivity contribution in [2.24, 2.45) is 5.41 Å². The zero-order valence-electron chi connectivity index (χ0n) is 18.2. The number of carbonyl (C=O) groups excluding carboxylic acids is 1. The minimum absolute atomic E-state index is 0.0375. The topological polar surface area (TPSA) is 83.5 Å². The van der Waals surface area contributed by atoms with Gasteiger partial charge in [-0.15, -0.1) is 11.3 Å². The zero-order chi connectivity index (χ0) is 22.2. The molecule has 0 radical (unpaired) electrons. The van der Waals surface area contributed by atoms with E-state index in [-0.39, 0.29) is 21.3 Å². The summed E-state index contributed by atoms with van der Waals surface area (Å²) < 4.78 is 24.6. The second-order valence-electron chi connectivity index (χ2n) is 8.40. The Hall–Kier alpha value is -2.26. The highest BCUT2D eigenvalue weighted by atomic mass is 32.2. The first-order valence-electron chi connectivity index (χ1n) is 10.6. The Morgan fingerprint density at radius 2 is 2.03 bits per heavy atom. The first-order valence-corrected chi connectivity index (χ1v) is 13.1. The minimum Gasteiger partial charge on any atom is -0.354 e. The van der Waals surface area contributed by atoms with Crippen molar-refractivity contribution < 1.29 is 13.2 Å². The van der Waals surface area contributed by atoms with Crippen LogP contribution in [0.1, 0.15) is 48.3 Å². The lowest BCUT2D eigenvalue weighted by Gasteiger charge is -2.26. The number of hydrogen-bond acceptors (Lipinski definition) is 7. The van der Waals surface area contributed by atoms with Gasteiger partial charge in [-0.1, -0.05) is 19.1 Å². The summed E-state index contributed by atoms with van der Waals surface area (Å²) >= 11 is 1.13. The predicted molar refractivity (Wildman–Crippen MR) is 123 cm³/mol. The quantitative estimate of drug-likeness (QED) is 0.680. The molecule has 1 saturated heterocycles. The third-order valence-corrected chi connectivity index (χ3v) is 9.40. The smallest absolute Gasteiger partial charge is 0.254 e. The molecule has 2 aromatic heterocycles. The Bertz CT molecular complexity index is 1120. The largest absolute Gasteiger partial charge is 0.354 e. The van der Waals surface area contributed by atoms with Gasteiger partial charge in [0, 0.05) is 42.5 Å². The van der Waals surface area contributed by atoms with Crippen LogP contribution in [0, 0.1) is 12.3 Å². The molecule has 0 atom stereocenters. The molecule has 0 bridgehead atoms. The summed E-state index contributed by atoms with van der Waals surface area (Å²) in [6, 6.07) is 1.53. The number of anilines is 1. The monoisotopic (exact) mass is 460 g/mol. The number of thiophene rings is 1. The maximum Gasteiger partial charge on any atom is 0.254 e. The van der Waals surface area contributed by atoms with Gasteiger partial charge in [0.1, 0.15) is 16.4 Å². The lowest BCUT2D eigenvalue weighted by Crippen LogP contribution is -2.36. The van der Waals surface area contributed by atoms with Crippen LogP contribution in [-0.4, -0.2) is 61.1 Å². The molecule has 1 aliphatic heterocycles. The highest BCUT2D eigenvalue weighted by Gasteiger charge is 2.48. The van der Waals surface area contributed by atoms with Gasteiger partial charge in [-0.25, -0.2) is 18.4 Å². The zero-order valence-corrected chi connectivity index (χ0v) is 19.8. The summed E-state index contributed by atoms with van der Waals surface area (Å²) in [5, 5.41) is 1.67. The molecule has 1 spiro atoms. The van der Waals surface area contributed by atoms with E-state index in [9.17, 15) is 13.2 Å². The average molecular weight is 461 g/mol. The van der Waals surface area contributed by atoms with Crippen molar-refractivity contribution in [3.63, 3.8) is 0 Å². The van der Waals surface area contributed by atoms with E-state index in [2.05, 4.69) is 14.9 Å². The Kier molecular flexibility index (Phi) is 5.91. The van der Waals surface area contributed by atoms with Crippen LogP contribution in [0.5, 0.6) is 0 Å². The Morgan fingerprint density at radius 3 is 2.71 bits per heavy atom. The first-order chi connectivity index (χ1) is 14.8. The van der Waals surface area contributed by atoms with Crippen molar-refractivity contribution >= 4 is 39.0 Å². The number of amides is 1. The third kappa shape index (κ3) is 4.39. The van der Waals surface area contributed by atoms with E-state index in [4.69, 9.17) is 0 Å². The van der Waals surface area contributed by atoms with Crippen LogP contribution in [0.25, 0.3) is 6.08 Å². The van der Waals surface area contributed by atoms with E-state index in [1.165, 1.54) is 6.07 Å². The van der Waals surface area contributed by atoms with E-state index in [0.717, 1.165) is 47.8 Å². The number of sulfone groups is 1. The van der Waals surface area contributed by atoms with Gasteiger partial charge in [0.15, 0.2) is 9.84 Å². The Morgan fingerprint density at radius 1 is 1.26 bits per heavy atom. The van der Waals surface area contributed by atoms with Crippen LogP contribution < -0.4 is 4.90 Å². The second-order valence-corrected chi connectivity index (χ2v) is 11.8. The second kappa shape index (κ2) is 8.35. The molecule has 31 heavy (non-hydrogen) atoms. The van der Waals surface area contributed by atoms with Gasteiger partial charge in [-0.05, 0) is 32.8 Å². The van der Waals surface area contributed by atoms with Gasteiger partial charge in [0.2, 0.25) is 0 Å². The number of aromatic nitrogens is 2. The summed E-state index contributed by atoms with van der Waals surface area (Å²) in [7, 11) is -3.30. The van der Waals surface area contributed by atoms with E-state index >= 15 is 0 Å². The molecular formula is C22H28N4O3S2. The molecule has 2 aromatic rings. The summed E-state index contributed by atoms with van der Waals surface area (Å²) in [5.41, 5.74) is 2.50. The summed E-state index contributed by atoms with van der Waals surface area (Å²) in [6.07, 6.45) is 7.80. The number of rotatable bonds is 5. The third-order valence-electron chi connectivity index (χ3n) is 6.14. The SMILES string of the molecule is C/C=C\c1c(C)ncnc1N1CCN(C(=O)c2csc(S(=O)(=O)CC)c2)CC2(CC2)C1. The summed E-state index contributed by atoms with van der Waals surface area (Å²) in [6.45, 7) is 8.39. The number of nitrogens with zero attached hydrogens (tertiary/aromatic N) is 4. The van der Waals surface area contributed by atoms with E-state index in [1.807, 2.05) is 30.9 Å². The van der Waals surface area contributed by atoms with Gasteiger partial charge in [0.05, 0.1) is 17.0 Å². The van der Waals surface area contributed by atoms with Crippen molar-refractivity contribution in [3.05, 3.63) is 40.7 Å². The molecule has 7 nitrogen and oxygen atoms in total. The minimum atomic E-state index is -3.30. The fourth-order valence-corrected chi connectivity index (χ4v) is 6.39. The molecule has 9 heteroatoms. The molecule has 4 rings (SSSR count). The fraction of sp³-hybridized carbons (Fsp3) is 0.500. The first kappa shape index (κ1) is 22.0. The standard InChI is InChI=1S/C22H28N4O3S2/c1-4-6-18-16(3)23-15-24-20(18)25-9-10-26(14-22(13-25)7-8-22)21(27)17-11-19(30-12-17)31(28,29)5-2/h4,6,11-12,15H,5,7-10,13-14H2,1-3H3/b6-4-. The Balaban J connectivity index is 1.58. The van der Waals surface area contributed by atoms with Gasteiger partial charge in [0.25, 0.3) is 5.91 Å². The van der Waals surface area contributed by atoms with Crippen LogP contribution in [0.15, 0.2) is 28.1 Å². The maximum atomic E-state index is 13.2. The van der Waals surface area contributed by atoms with Gasteiger partial charge >= 0.3 is 0 Å². The van der Waals surface area contributed by atoms with E-state index in [0.29, 0.717) is 25.2 Å². The van der Waals surface area contributed by atoms with Crippen LogP contribution in [0.2, 0.25) is 0 Å². The van der Waals surface area contributed by atoms with Crippen molar-refractivity contribution in [1.29, 1.82) is 0 Å². The highest BCUT2D eigenvalue weighted by molar-refractivity contribution is 7.93. The van der Waals surface area contributed by atoms with E-state index in [1.54, 1.807) is 18.6 Å². The molecule has 166 valence electrons. The molecule has 0 unspecified atom stereocenters. The van der Waals surface area contributed by atoms with Crippen molar-refractivity contribution in [2.45, 2.75) is 37.8 Å². The summed E-state index contributed by atoms with van der Waals surface area (Å²) in [4.78, 5) is 26.3. The van der Waals surface area contributed by atoms with Crippen molar-refractivity contribution in [3.8, 4) is 0 Å². The van der Waals surface area contributed by atoms with Crippen LogP contribution in [0.3, 0.4) is 0 Å². The number of aryl methyl sites for hydroxylation is 1. The molecule has 3 heterocycles. The molecular weight excluding hydrogens is 432 g/mol. The fourth-order valence-electron chi connectivity index (χ4n) is 4.11. The van der Waals surface area contributed by atoms with Gasteiger partial charge in [-0.2, -0.15) is 0 Å². The average Bonchev–Trinajstić information content (AvgIpc) is 3.37. The molecule has 0 aromatic carbocycles. The number of hydrogen-bond donors (Lipinski definition) is 0. The lowest BCUT2D eigenvalue weighted by molar-refractivity contribution is 0.0741. The van der Waals surface area contributed by atoms with Crippen LogP contribution >= 0.6 is 11.3 Å².